The van der Waals surface area contributed by atoms with E-state index in [2.05, 4.69) is 33.0 Å². The third-order valence-electron chi connectivity index (χ3n) is 4.75. The van der Waals surface area contributed by atoms with Gasteiger partial charge in [0.25, 0.3) is 11.7 Å². The number of para-hydroxylation sites is 2. The summed E-state index contributed by atoms with van der Waals surface area (Å²) in [6, 6.07) is 9.81. The summed E-state index contributed by atoms with van der Waals surface area (Å²) in [6.07, 6.45) is 1.54. The summed E-state index contributed by atoms with van der Waals surface area (Å²) in [5.74, 6) is 1.17. The van der Waals surface area contributed by atoms with Crippen LogP contribution in [0, 0.1) is 6.92 Å². The molecule has 8 heteroatoms. The third-order valence-corrected chi connectivity index (χ3v) is 4.75. The van der Waals surface area contributed by atoms with E-state index in [1.807, 2.05) is 31.2 Å². The Morgan fingerprint density at radius 3 is 2.93 bits per heavy atom. The van der Waals surface area contributed by atoms with Crippen molar-refractivity contribution >= 4 is 17.4 Å². The van der Waals surface area contributed by atoms with Crippen molar-refractivity contribution in [3.63, 3.8) is 0 Å². The van der Waals surface area contributed by atoms with E-state index in [1.54, 1.807) is 22.7 Å². The average Bonchev–Trinajstić information content (AvgIpc) is 3.12. The SMILES string of the molecule is CCN1C[C@H](CN(C)C(=O)c2nc3nccc(C)n3n2)Oc2ccccc21. The average molecular weight is 366 g/mol. The molecular formula is C19H22N6O2. The van der Waals surface area contributed by atoms with Gasteiger partial charge in [-0.2, -0.15) is 4.98 Å². The van der Waals surface area contributed by atoms with Gasteiger partial charge < -0.3 is 14.5 Å². The summed E-state index contributed by atoms with van der Waals surface area (Å²) in [4.78, 5) is 25.1. The number of hydrogen-bond donors (Lipinski definition) is 0. The second kappa shape index (κ2) is 6.86. The zero-order valence-electron chi connectivity index (χ0n) is 15.7. The number of hydrogen-bond acceptors (Lipinski definition) is 6. The summed E-state index contributed by atoms with van der Waals surface area (Å²) < 4.78 is 7.68. The molecule has 1 aliphatic heterocycles. The minimum absolute atomic E-state index is 0.120. The van der Waals surface area contributed by atoms with Gasteiger partial charge in [-0.15, -0.1) is 5.10 Å². The molecule has 1 aliphatic rings. The first-order valence-corrected chi connectivity index (χ1v) is 9.01. The topological polar surface area (TPSA) is 75.9 Å². The monoisotopic (exact) mass is 366 g/mol. The van der Waals surface area contributed by atoms with E-state index in [0.717, 1.165) is 30.2 Å². The predicted molar refractivity (Wildman–Crippen MR) is 101 cm³/mol. The van der Waals surface area contributed by atoms with Gasteiger partial charge in [0.2, 0.25) is 5.82 Å². The first-order valence-electron chi connectivity index (χ1n) is 9.01. The second-order valence-corrected chi connectivity index (χ2v) is 6.67. The minimum Gasteiger partial charge on any atom is -0.485 e. The van der Waals surface area contributed by atoms with E-state index < -0.39 is 0 Å². The van der Waals surface area contributed by atoms with Crippen LogP contribution in [0.1, 0.15) is 23.2 Å². The van der Waals surface area contributed by atoms with Crippen molar-refractivity contribution in [3.05, 3.63) is 48.0 Å². The molecule has 27 heavy (non-hydrogen) atoms. The molecule has 0 aliphatic carbocycles. The Balaban J connectivity index is 1.50. The van der Waals surface area contributed by atoms with Crippen molar-refractivity contribution in [2.45, 2.75) is 20.0 Å². The molecule has 0 saturated heterocycles. The Kier molecular flexibility index (Phi) is 4.39. The minimum atomic E-state index is -0.245. The molecule has 1 amide bonds. The van der Waals surface area contributed by atoms with Gasteiger partial charge in [-0.1, -0.05) is 12.1 Å². The number of anilines is 1. The molecule has 0 spiro atoms. The quantitative estimate of drug-likeness (QED) is 0.701. The van der Waals surface area contributed by atoms with Crippen LogP contribution in [0.4, 0.5) is 5.69 Å². The molecule has 0 N–H and O–H groups in total. The Bertz CT molecular complexity index is 985. The molecule has 1 aromatic carbocycles. The summed E-state index contributed by atoms with van der Waals surface area (Å²) in [5.41, 5.74) is 1.97. The Labute approximate surface area is 157 Å². The molecule has 0 fully saturated rings. The molecule has 8 nitrogen and oxygen atoms in total. The van der Waals surface area contributed by atoms with Crippen LogP contribution in [0.25, 0.3) is 5.78 Å². The van der Waals surface area contributed by atoms with E-state index in [4.69, 9.17) is 4.74 Å². The van der Waals surface area contributed by atoms with Gasteiger partial charge in [0.15, 0.2) is 0 Å². The predicted octanol–water partition coefficient (Wildman–Crippen LogP) is 1.79. The number of amides is 1. The van der Waals surface area contributed by atoms with E-state index in [9.17, 15) is 4.79 Å². The first kappa shape index (κ1) is 17.3. The maximum absolute atomic E-state index is 12.8. The van der Waals surface area contributed by atoms with E-state index in [-0.39, 0.29) is 17.8 Å². The molecule has 0 bridgehead atoms. The van der Waals surface area contributed by atoms with Gasteiger partial charge in [-0.25, -0.2) is 9.50 Å². The van der Waals surface area contributed by atoms with Crippen LogP contribution in [0.15, 0.2) is 36.5 Å². The van der Waals surface area contributed by atoms with Crippen LogP contribution in [0.2, 0.25) is 0 Å². The van der Waals surface area contributed by atoms with Crippen molar-refractivity contribution in [2.24, 2.45) is 0 Å². The maximum atomic E-state index is 12.8. The van der Waals surface area contributed by atoms with Crippen LogP contribution >= 0.6 is 0 Å². The van der Waals surface area contributed by atoms with Crippen molar-refractivity contribution < 1.29 is 9.53 Å². The van der Waals surface area contributed by atoms with Gasteiger partial charge in [0.05, 0.1) is 18.8 Å². The highest BCUT2D eigenvalue weighted by Gasteiger charge is 2.28. The Hall–Kier alpha value is -3.16. The highest BCUT2D eigenvalue weighted by Crippen LogP contribution is 2.32. The number of aromatic nitrogens is 4. The molecule has 1 atom stereocenters. The van der Waals surface area contributed by atoms with Gasteiger partial charge in [0, 0.05) is 25.5 Å². The lowest BCUT2D eigenvalue weighted by Crippen LogP contribution is -2.47. The van der Waals surface area contributed by atoms with Gasteiger partial charge >= 0.3 is 0 Å². The summed E-state index contributed by atoms with van der Waals surface area (Å²) in [5, 5.41) is 4.29. The fraction of sp³-hybridized carbons (Fsp3) is 0.368. The number of carbonyl (C=O) groups is 1. The smallest absolute Gasteiger partial charge is 0.293 e. The highest BCUT2D eigenvalue weighted by molar-refractivity contribution is 5.90. The fourth-order valence-electron chi connectivity index (χ4n) is 3.33. The van der Waals surface area contributed by atoms with Gasteiger partial charge in [0.1, 0.15) is 11.9 Å². The van der Waals surface area contributed by atoms with E-state index in [0.29, 0.717) is 12.3 Å². The van der Waals surface area contributed by atoms with Crippen molar-refractivity contribution in [3.8, 4) is 5.75 Å². The molecule has 2 aromatic heterocycles. The van der Waals surface area contributed by atoms with Crippen LogP contribution in [0.5, 0.6) is 5.75 Å². The zero-order valence-corrected chi connectivity index (χ0v) is 15.7. The summed E-state index contributed by atoms with van der Waals surface area (Å²) in [7, 11) is 1.74. The fourth-order valence-corrected chi connectivity index (χ4v) is 3.33. The molecule has 3 aromatic rings. The van der Waals surface area contributed by atoms with Crippen LogP contribution in [-0.4, -0.2) is 63.2 Å². The van der Waals surface area contributed by atoms with E-state index in [1.165, 1.54) is 0 Å². The Morgan fingerprint density at radius 2 is 2.15 bits per heavy atom. The number of benzene rings is 1. The van der Waals surface area contributed by atoms with Crippen LogP contribution in [0.3, 0.4) is 0 Å². The van der Waals surface area contributed by atoms with Gasteiger partial charge in [-0.3, -0.25) is 4.79 Å². The first-order chi connectivity index (χ1) is 13.1. The summed E-state index contributed by atoms with van der Waals surface area (Å²) >= 11 is 0. The number of aryl methyl sites for hydroxylation is 1. The zero-order chi connectivity index (χ0) is 19.0. The largest absolute Gasteiger partial charge is 0.485 e. The number of fused-ring (bicyclic) bond motifs is 2. The highest BCUT2D eigenvalue weighted by atomic mass is 16.5. The number of rotatable bonds is 4. The normalized spacial score (nSPS) is 16.1. The lowest BCUT2D eigenvalue weighted by molar-refractivity contribution is 0.0698. The molecule has 0 unspecified atom stereocenters. The van der Waals surface area contributed by atoms with Crippen LogP contribution in [-0.2, 0) is 0 Å². The lowest BCUT2D eigenvalue weighted by atomic mass is 10.2. The number of carbonyl (C=O) groups excluding carboxylic acids is 1. The number of nitrogens with zero attached hydrogens (tertiary/aromatic N) is 6. The molecular weight excluding hydrogens is 344 g/mol. The third kappa shape index (κ3) is 3.18. The van der Waals surface area contributed by atoms with Gasteiger partial charge in [-0.05, 0) is 32.0 Å². The van der Waals surface area contributed by atoms with Crippen LogP contribution < -0.4 is 9.64 Å². The van der Waals surface area contributed by atoms with Crippen molar-refractivity contribution in [2.75, 3.05) is 31.6 Å². The molecule has 3 heterocycles. The molecule has 140 valence electrons. The van der Waals surface area contributed by atoms with Crippen molar-refractivity contribution in [1.29, 1.82) is 0 Å². The maximum Gasteiger partial charge on any atom is 0.293 e. The number of likely N-dealkylation sites (N-methyl/N-ethyl adjacent to an activating group) is 2. The second-order valence-electron chi connectivity index (χ2n) is 6.67. The molecule has 0 saturated carbocycles. The molecule has 4 rings (SSSR count). The van der Waals surface area contributed by atoms with Crippen molar-refractivity contribution in [1.82, 2.24) is 24.5 Å². The lowest BCUT2D eigenvalue weighted by Gasteiger charge is -2.37. The Morgan fingerprint density at radius 1 is 1.33 bits per heavy atom. The summed E-state index contributed by atoms with van der Waals surface area (Å²) in [6.45, 7) is 6.07. The van der Waals surface area contributed by atoms with E-state index >= 15 is 0 Å². The standard InChI is InChI=1S/C19H22N6O2/c1-4-24-12-14(27-16-8-6-5-7-15(16)24)11-23(3)18(26)17-21-19-20-10-9-13(2)25(19)22-17/h5-10,14H,4,11-12H2,1-3H3/t14-/m0/s1. The number of ether oxygens (including phenoxy) is 1. The molecule has 0 radical (unpaired) electrons.